The molecule has 4 heteroatoms. The summed E-state index contributed by atoms with van der Waals surface area (Å²) in [5.41, 5.74) is 1.77. The van der Waals surface area contributed by atoms with E-state index in [1.807, 2.05) is 27.7 Å². The Morgan fingerprint density at radius 3 is 1.85 bits per heavy atom. The molecule has 0 aromatic carbocycles. The molecule has 4 nitrogen and oxygen atoms in total. The molecule has 1 rings (SSSR count). The van der Waals surface area contributed by atoms with Crippen LogP contribution in [0.1, 0.15) is 40.5 Å². The lowest BCUT2D eigenvalue weighted by Crippen LogP contribution is -2.66. The second-order valence-electron chi connectivity index (χ2n) is 5.12. The SMILES string of the molecule is CC1(C)CC(O)CC(C)(C)N1NO. The Hall–Kier alpha value is -0.160. The van der Waals surface area contributed by atoms with Crippen molar-refractivity contribution in [3.05, 3.63) is 0 Å². The van der Waals surface area contributed by atoms with Crippen LogP contribution >= 0.6 is 0 Å². The summed E-state index contributed by atoms with van der Waals surface area (Å²) in [6, 6.07) is 0. The number of rotatable bonds is 1. The maximum absolute atomic E-state index is 9.66. The molecule has 1 aliphatic rings. The first kappa shape index (κ1) is 10.9. The summed E-state index contributed by atoms with van der Waals surface area (Å²) in [7, 11) is 0. The van der Waals surface area contributed by atoms with E-state index in [4.69, 9.17) is 5.21 Å². The minimum atomic E-state index is -0.283. The Morgan fingerprint density at radius 2 is 1.54 bits per heavy atom. The summed E-state index contributed by atoms with van der Waals surface area (Å²) < 4.78 is 0. The van der Waals surface area contributed by atoms with Crippen molar-refractivity contribution >= 4 is 0 Å². The van der Waals surface area contributed by atoms with Crippen molar-refractivity contribution in [2.24, 2.45) is 0 Å². The molecule has 13 heavy (non-hydrogen) atoms. The molecule has 0 spiro atoms. The predicted octanol–water partition coefficient (Wildman–Crippen LogP) is 0.894. The minimum Gasteiger partial charge on any atom is -0.393 e. The Kier molecular flexibility index (Phi) is 2.69. The molecule has 0 atom stereocenters. The molecule has 0 aromatic heterocycles. The van der Waals surface area contributed by atoms with E-state index in [9.17, 15) is 5.11 Å². The van der Waals surface area contributed by atoms with Crippen LogP contribution in [0.15, 0.2) is 0 Å². The third-order valence-electron chi connectivity index (χ3n) is 2.78. The molecule has 0 saturated carbocycles. The quantitative estimate of drug-likeness (QED) is 0.535. The van der Waals surface area contributed by atoms with Gasteiger partial charge in [0.15, 0.2) is 0 Å². The Balaban J connectivity index is 2.88. The number of aliphatic hydroxyl groups is 1. The van der Waals surface area contributed by atoms with Crippen molar-refractivity contribution in [1.82, 2.24) is 10.6 Å². The van der Waals surface area contributed by atoms with Gasteiger partial charge in [0.25, 0.3) is 0 Å². The third kappa shape index (κ3) is 2.02. The zero-order valence-electron chi connectivity index (χ0n) is 8.83. The number of piperidine rings is 1. The highest BCUT2D eigenvalue weighted by molar-refractivity contribution is 4.97. The van der Waals surface area contributed by atoms with E-state index in [0.717, 1.165) is 0 Å². The van der Waals surface area contributed by atoms with Gasteiger partial charge in [-0.1, -0.05) is 0 Å². The first-order valence-corrected chi connectivity index (χ1v) is 4.68. The number of hydrogen-bond acceptors (Lipinski definition) is 4. The molecule has 1 heterocycles. The van der Waals surface area contributed by atoms with Gasteiger partial charge in [-0.15, -0.1) is 5.59 Å². The van der Waals surface area contributed by atoms with Gasteiger partial charge >= 0.3 is 0 Å². The average molecular weight is 188 g/mol. The molecule has 78 valence electrons. The number of hydrogen-bond donors (Lipinski definition) is 3. The van der Waals surface area contributed by atoms with Crippen LogP contribution in [0.25, 0.3) is 0 Å². The van der Waals surface area contributed by atoms with E-state index in [0.29, 0.717) is 12.8 Å². The lowest BCUT2D eigenvalue weighted by Gasteiger charge is -2.52. The highest BCUT2D eigenvalue weighted by atomic mass is 16.5. The van der Waals surface area contributed by atoms with Gasteiger partial charge in [0, 0.05) is 11.1 Å². The Labute approximate surface area is 79.5 Å². The van der Waals surface area contributed by atoms with Gasteiger partial charge in [-0.25, -0.2) is 5.01 Å². The van der Waals surface area contributed by atoms with Gasteiger partial charge in [0.2, 0.25) is 0 Å². The smallest absolute Gasteiger partial charge is 0.0576 e. The lowest BCUT2D eigenvalue weighted by atomic mass is 9.80. The molecule has 1 aliphatic heterocycles. The van der Waals surface area contributed by atoms with Gasteiger partial charge in [-0.05, 0) is 40.5 Å². The maximum Gasteiger partial charge on any atom is 0.0576 e. The molecule has 1 fully saturated rings. The van der Waals surface area contributed by atoms with Crippen molar-refractivity contribution in [2.45, 2.75) is 57.7 Å². The van der Waals surface area contributed by atoms with Crippen LogP contribution in [-0.4, -0.2) is 32.5 Å². The van der Waals surface area contributed by atoms with Crippen molar-refractivity contribution in [1.29, 1.82) is 0 Å². The standard InChI is InChI=1S/C9H20N2O2/c1-8(2)5-7(12)6-9(3,4)11(8)10-13/h7,10,12-13H,5-6H2,1-4H3. The van der Waals surface area contributed by atoms with Crippen LogP contribution in [0.3, 0.4) is 0 Å². The molecule has 0 amide bonds. The van der Waals surface area contributed by atoms with Gasteiger partial charge in [0.05, 0.1) is 6.10 Å². The van der Waals surface area contributed by atoms with Crippen molar-refractivity contribution in [3.8, 4) is 0 Å². The van der Waals surface area contributed by atoms with Gasteiger partial charge in [0.1, 0.15) is 0 Å². The molecule has 0 radical (unpaired) electrons. The Bertz CT molecular complexity index is 174. The second kappa shape index (κ2) is 3.20. The summed E-state index contributed by atoms with van der Waals surface area (Å²) in [5, 5.41) is 20.5. The highest BCUT2D eigenvalue weighted by Crippen LogP contribution is 2.36. The fourth-order valence-corrected chi connectivity index (χ4v) is 2.50. The topological polar surface area (TPSA) is 55.7 Å². The maximum atomic E-state index is 9.66. The van der Waals surface area contributed by atoms with E-state index in [2.05, 4.69) is 5.59 Å². The fourth-order valence-electron chi connectivity index (χ4n) is 2.50. The van der Waals surface area contributed by atoms with Crippen LogP contribution in [0.4, 0.5) is 0 Å². The van der Waals surface area contributed by atoms with E-state index >= 15 is 0 Å². The van der Waals surface area contributed by atoms with Crippen LogP contribution in [0, 0.1) is 0 Å². The number of nitrogens with one attached hydrogen (secondary N) is 1. The predicted molar refractivity (Wildman–Crippen MR) is 50.2 cm³/mol. The zero-order chi connectivity index (χ0) is 10.3. The van der Waals surface area contributed by atoms with Crippen LogP contribution in [-0.2, 0) is 0 Å². The zero-order valence-corrected chi connectivity index (χ0v) is 8.83. The monoisotopic (exact) mass is 188 g/mol. The fraction of sp³-hybridized carbons (Fsp3) is 1.00. The molecule has 0 aromatic rings. The number of aliphatic hydroxyl groups excluding tert-OH is 1. The van der Waals surface area contributed by atoms with Crippen molar-refractivity contribution in [2.75, 3.05) is 0 Å². The summed E-state index contributed by atoms with van der Waals surface area (Å²) in [4.78, 5) is 0. The largest absolute Gasteiger partial charge is 0.393 e. The molecule has 0 bridgehead atoms. The van der Waals surface area contributed by atoms with E-state index < -0.39 is 0 Å². The second-order valence-corrected chi connectivity index (χ2v) is 5.12. The van der Waals surface area contributed by atoms with Gasteiger partial charge in [-0.2, -0.15) is 0 Å². The molecule has 0 aliphatic carbocycles. The number of nitrogens with zero attached hydrogens (tertiary/aromatic N) is 1. The highest BCUT2D eigenvalue weighted by Gasteiger charge is 2.44. The van der Waals surface area contributed by atoms with Gasteiger partial charge in [-0.3, -0.25) is 0 Å². The van der Waals surface area contributed by atoms with E-state index in [-0.39, 0.29) is 17.2 Å². The average Bonchev–Trinajstić information content (AvgIpc) is 1.79. The third-order valence-corrected chi connectivity index (χ3v) is 2.78. The summed E-state index contributed by atoms with van der Waals surface area (Å²) >= 11 is 0. The van der Waals surface area contributed by atoms with E-state index in [1.54, 1.807) is 5.01 Å². The van der Waals surface area contributed by atoms with Crippen molar-refractivity contribution < 1.29 is 10.3 Å². The molecule has 0 unspecified atom stereocenters. The van der Waals surface area contributed by atoms with Crippen LogP contribution < -0.4 is 5.59 Å². The molecular weight excluding hydrogens is 168 g/mol. The summed E-state index contributed by atoms with van der Waals surface area (Å²) in [6.45, 7) is 8.00. The molecular formula is C9H20N2O2. The van der Waals surface area contributed by atoms with Crippen molar-refractivity contribution in [3.63, 3.8) is 0 Å². The summed E-state index contributed by atoms with van der Waals surface area (Å²) in [6.07, 6.45) is 1.06. The van der Waals surface area contributed by atoms with Crippen LogP contribution in [0.5, 0.6) is 0 Å². The minimum absolute atomic E-state index is 0.226. The first-order chi connectivity index (χ1) is 5.79. The molecule has 1 saturated heterocycles. The number of hydrazine groups is 1. The van der Waals surface area contributed by atoms with E-state index in [1.165, 1.54) is 0 Å². The normalized spacial score (nSPS) is 29.1. The van der Waals surface area contributed by atoms with Gasteiger partial charge < -0.3 is 10.3 Å². The summed E-state index contributed by atoms with van der Waals surface area (Å²) in [5.74, 6) is 0. The molecule has 3 N–H and O–H groups in total. The first-order valence-electron chi connectivity index (χ1n) is 4.68. The van der Waals surface area contributed by atoms with Crippen LogP contribution in [0.2, 0.25) is 0 Å². The Morgan fingerprint density at radius 1 is 1.15 bits per heavy atom. The lowest BCUT2D eigenvalue weighted by molar-refractivity contribution is -0.179.